The molecule has 7 nitrogen and oxygen atoms in total. The first kappa shape index (κ1) is 27.1. The largest absolute Gasteiger partial charge is 0.416 e. The second-order valence-electron chi connectivity index (χ2n) is 8.65. The second-order valence-corrected chi connectivity index (χ2v) is 9.06. The molecule has 38 heavy (non-hydrogen) atoms. The predicted octanol–water partition coefficient (Wildman–Crippen LogP) is 6.80. The summed E-state index contributed by atoms with van der Waals surface area (Å²) in [7, 11) is 0. The zero-order valence-electron chi connectivity index (χ0n) is 20.2. The molecule has 0 spiro atoms. The van der Waals surface area contributed by atoms with Crippen LogP contribution in [0.15, 0.2) is 60.7 Å². The first-order chi connectivity index (χ1) is 18.0. The van der Waals surface area contributed by atoms with Gasteiger partial charge in [-0.25, -0.2) is 14.0 Å². The Bertz CT molecular complexity index is 1310. The van der Waals surface area contributed by atoms with E-state index in [0.29, 0.717) is 60.8 Å². The number of aryl methyl sites for hydroxylation is 1. The number of nitrogens with one attached hydrogen (secondary N) is 3. The van der Waals surface area contributed by atoms with Crippen LogP contribution in [0.3, 0.4) is 0 Å². The Kier molecular flexibility index (Phi) is 7.96. The number of urea groups is 2. The van der Waals surface area contributed by atoms with E-state index in [9.17, 15) is 27.2 Å². The van der Waals surface area contributed by atoms with E-state index in [-0.39, 0.29) is 6.03 Å². The van der Waals surface area contributed by atoms with Crippen molar-refractivity contribution in [3.05, 3.63) is 82.6 Å². The topological polar surface area (TPSA) is 76.7 Å². The molecule has 3 N–H and O–H groups in total. The minimum absolute atomic E-state index is 0.233. The lowest BCUT2D eigenvalue weighted by Gasteiger charge is -2.36. The lowest BCUT2D eigenvalue weighted by atomic mass is 10.2. The molecule has 4 rings (SSSR count). The predicted molar refractivity (Wildman–Crippen MR) is 139 cm³/mol. The number of anilines is 4. The summed E-state index contributed by atoms with van der Waals surface area (Å²) >= 11 is 6.20. The van der Waals surface area contributed by atoms with Gasteiger partial charge in [-0.3, -0.25) is 0 Å². The van der Waals surface area contributed by atoms with E-state index in [0.717, 1.165) is 11.3 Å². The minimum Gasteiger partial charge on any atom is -0.368 e. The van der Waals surface area contributed by atoms with E-state index in [2.05, 4.69) is 20.9 Å². The van der Waals surface area contributed by atoms with Crippen molar-refractivity contribution in [3.63, 3.8) is 0 Å². The van der Waals surface area contributed by atoms with Gasteiger partial charge in [0.05, 0.1) is 22.0 Å². The van der Waals surface area contributed by atoms with Crippen molar-refractivity contribution >= 4 is 46.4 Å². The van der Waals surface area contributed by atoms with Gasteiger partial charge in [-0.1, -0.05) is 23.7 Å². The van der Waals surface area contributed by atoms with E-state index in [1.54, 1.807) is 35.2 Å². The summed E-state index contributed by atoms with van der Waals surface area (Å²) in [6.07, 6.45) is -4.67. The third-order valence-corrected chi connectivity index (χ3v) is 6.37. The van der Waals surface area contributed by atoms with Crippen molar-refractivity contribution in [3.8, 4) is 0 Å². The van der Waals surface area contributed by atoms with Crippen molar-refractivity contribution in [2.24, 2.45) is 0 Å². The zero-order chi connectivity index (χ0) is 27.4. The average molecular weight is 550 g/mol. The molecule has 1 aliphatic rings. The number of piperazine rings is 1. The number of carbonyl (C=O) groups is 2. The quantitative estimate of drug-likeness (QED) is 0.313. The number of benzene rings is 3. The molecule has 1 heterocycles. The van der Waals surface area contributed by atoms with Crippen LogP contribution in [0.1, 0.15) is 11.1 Å². The van der Waals surface area contributed by atoms with E-state index in [1.807, 2.05) is 19.1 Å². The van der Waals surface area contributed by atoms with Crippen molar-refractivity contribution < 1.29 is 27.2 Å². The highest BCUT2D eigenvalue weighted by atomic mass is 35.5. The fraction of sp³-hybridized carbons (Fsp3) is 0.231. The number of nitrogens with zero attached hydrogens (tertiary/aromatic N) is 2. The minimum atomic E-state index is -4.67. The number of hydrogen-bond donors (Lipinski definition) is 3. The van der Waals surface area contributed by atoms with Crippen LogP contribution in [-0.4, -0.2) is 43.1 Å². The molecule has 12 heteroatoms. The fourth-order valence-corrected chi connectivity index (χ4v) is 4.25. The molecule has 1 fully saturated rings. The van der Waals surface area contributed by atoms with E-state index in [4.69, 9.17) is 11.6 Å². The third-order valence-electron chi connectivity index (χ3n) is 6.05. The number of hydrogen-bond acceptors (Lipinski definition) is 3. The molecule has 1 saturated heterocycles. The standard InChI is InChI=1S/C26H24ClF4N5O2/c1-16-3-2-4-20(27)23(16)34-25(38)36-13-11-35(12-14-36)19-8-6-18(7-9-19)32-24(37)33-22-15-17(26(29,30)31)5-10-21(22)28/h2-10,15H,11-14H2,1H3,(H,34,38)(H2,32,33,37). The number of rotatable bonds is 4. The number of halogens is 5. The van der Waals surface area contributed by atoms with Gasteiger partial charge in [0.25, 0.3) is 0 Å². The molecule has 3 aromatic carbocycles. The van der Waals surface area contributed by atoms with Crippen molar-refractivity contribution in [2.75, 3.05) is 47.0 Å². The molecular weight excluding hydrogens is 526 g/mol. The average Bonchev–Trinajstić information content (AvgIpc) is 2.87. The first-order valence-electron chi connectivity index (χ1n) is 11.6. The summed E-state index contributed by atoms with van der Waals surface area (Å²) in [6, 6.07) is 12.8. The molecule has 0 unspecified atom stereocenters. The highest BCUT2D eigenvalue weighted by Crippen LogP contribution is 2.32. The Morgan fingerprint density at radius 2 is 1.58 bits per heavy atom. The van der Waals surface area contributed by atoms with Crippen LogP contribution in [0.4, 0.5) is 49.9 Å². The molecule has 3 aromatic rings. The summed E-state index contributed by atoms with van der Waals surface area (Å²) in [5, 5.41) is 7.92. The smallest absolute Gasteiger partial charge is 0.368 e. The molecular formula is C26H24ClF4N5O2. The third kappa shape index (κ3) is 6.46. The van der Waals surface area contributed by atoms with Crippen LogP contribution in [-0.2, 0) is 6.18 Å². The normalized spacial score (nSPS) is 13.7. The lowest BCUT2D eigenvalue weighted by Crippen LogP contribution is -2.50. The molecule has 4 amide bonds. The molecule has 0 saturated carbocycles. The summed E-state index contributed by atoms with van der Waals surface area (Å²) < 4.78 is 52.5. The van der Waals surface area contributed by atoms with Crippen LogP contribution < -0.4 is 20.9 Å². The van der Waals surface area contributed by atoms with Crippen LogP contribution in [0.25, 0.3) is 0 Å². The fourth-order valence-electron chi connectivity index (χ4n) is 3.98. The Morgan fingerprint density at radius 3 is 2.21 bits per heavy atom. The Labute approximate surface area is 221 Å². The molecule has 1 aliphatic heterocycles. The lowest BCUT2D eigenvalue weighted by molar-refractivity contribution is -0.137. The molecule has 0 aliphatic carbocycles. The van der Waals surface area contributed by atoms with Crippen molar-refractivity contribution in [2.45, 2.75) is 13.1 Å². The SMILES string of the molecule is Cc1cccc(Cl)c1NC(=O)N1CCN(c2ccc(NC(=O)Nc3cc(C(F)(F)F)ccc3F)cc2)CC1. The van der Waals surface area contributed by atoms with Gasteiger partial charge in [0, 0.05) is 37.6 Å². The van der Waals surface area contributed by atoms with Crippen LogP contribution in [0, 0.1) is 12.7 Å². The zero-order valence-corrected chi connectivity index (χ0v) is 21.0. The van der Waals surface area contributed by atoms with Gasteiger partial charge in [0.1, 0.15) is 5.82 Å². The maximum atomic E-state index is 13.9. The summed E-state index contributed by atoms with van der Waals surface area (Å²) in [6.45, 7) is 4.00. The van der Waals surface area contributed by atoms with Gasteiger partial charge in [-0.15, -0.1) is 0 Å². The number of alkyl halides is 3. The number of carbonyl (C=O) groups excluding carboxylic acids is 2. The van der Waals surface area contributed by atoms with Gasteiger partial charge in [0.15, 0.2) is 0 Å². The van der Waals surface area contributed by atoms with Gasteiger partial charge >= 0.3 is 18.2 Å². The summed E-state index contributed by atoms with van der Waals surface area (Å²) in [5.41, 5.74) is 1.03. The Balaban J connectivity index is 1.30. The summed E-state index contributed by atoms with van der Waals surface area (Å²) in [4.78, 5) is 28.7. The van der Waals surface area contributed by atoms with Gasteiger partial charge in [0.2, 0.25) is 0 Å². The Morgan fingerprint density at radius 1 is 0.895 bits per heavy atom. The van der Waals surface area contributed by atoms with Crippen molar-refractivity contribution in [1.29, 1.82) is 0 Å². The molecule has 0 atom stereocenters. The van der Waals surface area contributed by atoms with E-state index >= 15 is 0 Å². The first-order valence-corrected chi connectivity index (χ1v) is 12.0. The van der Waals surface area contributed by atoms with Crippen LogP contribution >= 0.6 is 11.6 Å². The van der Waals surface area contributed by atoms with Crippen LogP contribution in [0.2, 0.25) is 5.02 Å². The molecule has 0 bridgehead atoms. The monoisotopic (exact) mass is 549 g/mol. The number of amides is 4. The van der Waals surface area contributed by atoms with Gasteiger partial charge in [-0.2, -0.15) is 13.2 Å². The second kappa shape index (κ2) is 11.2. The van der Waals surface area contributed by atoms with E-state index in [1.165, 1.54) is 0 Å². The van der Waals surface area contributed by atoms with Crippen LogP contribution in [0.5, 0.6) is 0 Å². The van der Waals surface area contributed by atoms with Gasteiger partial charge in [-0.05, 0) is 61.0 Å². The maximum Gasteiger partial charge on any atom is 0.416 e. The molecule has 200 valence electrons. The molecule has 0 radical (unpaired) electrons. The summed E-state index contributed by atoms with van der Waals surface area (Å²) in [5.74, 6) is -0.988. The van der Waals surface area contributed by atoms with Crippen molar-refractivity contribution in [1.82, 2.24) is 4.90 Å². The highest BCUT2D eigenvalue weighted by Gasteiger charge is 2.31. The van der Waals surface area contributed by atoms with Gasteiger partial charge < -0.3 is 25.8 Å². The highest BCUT2D eigenvalue weighted by molar-refractivity contribution is 6.33. The molecule has 0 aromatic heterocycles. The number of para-hydroxylation sites is 1. The Hall–Kier alpha value is -3.99. The van der Waals surface area contributed by atoms with E-state index < -0.39 is 29.3 Å². The maximum absolute atomic E-state index is 13.9.